The zero-order valence-corrected chi connectivity index (χ0v) is 16.9. The average molecular weight is 440 g/mol. The van der Waals surface area contributed by atoms with Gasteiger partial charge in [0.25, 0.3) is 5.91 Å². The summed E-state index contributed by atoms with van der Waals surface area (Å²) in [5.41, 5.74) is 1.30. The fourth-order valence-electron chi connectivity index (χ4n) is 2.15. The zero-order chi connectivity index (χ0) is 19.1. The molecule has 0 atom stereocenters. The maximum atomic E-state index is 12.0. The minimum Gasteiger partial charge on any atom is -0.482 e. The van der Waals surface area contributed by atoms with Crippen LogP contribution in [0.5, 0.6) is 5.75 Å². The Hall–Kier alpha value is -2.05. The molecular weight excluding hydrogens is 420 g/mol. The first kappa shape index (κ1) is 20.3. The first-order valence-corrected chi connectivity index (χ1v) is 9.28. The molecule has 5 nitrogen and oxygen atoms in total. The molecule has 0 aliphatic rings. The van der Waals surface area contributed by atoms with Crippen LogP contribution >= 0.6 is 27.5 Å². The Morgan fingerprint density at radius 1 is 1.04 bits per heavy atom. The fraction of sp³-hybridized carbons (Fsp3) is 0.263. The van der Waals surface area contributed by atoms with E-state index in [1.54, 1.807) is 42.5 Å². The van der Waals surface area contributed by atoms with Gasteiger partial charge in [-0.15, -0.1) is 0 Å². The van der Waals surface area contributed by atoms with Crippen molar-refractivity contribution in [3.8, 4) is 5.75 Å². The molecule has 0 saturated carbocycles. The van der Waals surface area contributed by atoms with E-state index in [0.29, 0.717) is 34.5 Å². The second kappa shape index (κ2) is 9.59. The fourth-order valence-corrected chi connectivity index (χ4v) is 2.88. The van der Waals surface area contributed by atoms with Gasteiger partial charge in [-0.2, -0.15) is 0 Å². The molecule has 0 aliphatic carbocycles. The van der Waals surface area contributed by atoms with Crippen LogP contribution in [0.4, 0.5) is 11.4 Å². The minimum atomic E-state index is -0.305. The average Bonchev–Trinajstić information content (AvgIpc) is 2.55. The van der Waals surface area contributed by atoms with E-state index in [-0.39, 0.29) is 18.4 Å². The summed E-state index contributed by atoms with van der Waals surface area (Å²) in [6.45, 7) is 3.82. The Balaban J connectivity index is 1.84. The Morgan fingerprint density at radius 2 is 1.62 bits per heavy atom. The van der Waals surface area contributed by atoms with Gasteiger partial charge in [0.1, 0.15) is 5.75 Å². The lowest BCUT2D eigenvalue weighted by Gasteiger charge is -2.10. The number of rotatable bonds is 7. The van der Waals surface area contributed by atoms with Gasteiger partial charge in [-0.25, -0.2) is 0 Å². The maximum absolute atomic E-state index is 12.0. The number of hydrogen-bond acceptors (Lipinski definition) is 3. The molecule has 0 bridgehead atoms. The summed E-state index contributed by atoms with van der Waals surface area (Å²) in [6.07, 6.45) is 0.467. The van der Waals surface area contributed by atoms with Crippen LogP contribution in [0.1, 0.15) is 20.3 Å². The third kappa shape index (κ3) is 6.69. The van der Waals surface area contributed by atoms with E-state index in [1.165, 1.54) is 0 Å². The van der Waals surface area contributed by atoms with Gasteiger partial charge < -0.3 is 15.4 Å². The Labute approximate surface area is 166 Å². The molecule has 2 aromatic carbocycles. The Kier molecular flexibility index (Phi) is 7.48. The van der Waals surface area contributed by atoms with Crippen LogP contribution in [0, 0.1) is 5.92 Å². The number of ether oxygens (including phenoxy) is 1. The van der Waals surface area contributed by atoms with Crippen molar-refractivity contribution in [3.05, 3.63) is 52.0 Å². The number of carbonyl (C=O) groups is 2. The number of carbonyl (C=O) groups excluding carboxylic acids is 2. The molecule has 2 aromatic rings. The highest BCUT2D eigenvalue weighted by molar-refractivity contribution is 9.10. The minimum absolute atomic E-state index is 0.0310. The van der Waals surface area contributed by atoms with Crippen molar-refractivity contribution < 1.29 is 14.3 Å². The summed E-state index contributed by atoms with van der Waals surface area (Å²) in [5.74, 6) is 0.401. The van der Waals surface area contributed by atoms with Crippen molar-refractivity contribution in [3.63, 3.8) is 0 Å². The summed E-state index contributed by atoms with van der Waals surface area (Å²) in [6, 6.07) is 12.1. The number of nitrogens with one attached hydrogen (secondary N) is 2. The van der Waals surface area contributed by atoms with Gasteiger partial charge in [0.2, 0.25) is 5.91 Å². The summed E-state index contributed by atoms with van der Waals surface area (Å²) in [5, 5.41) is 5.97. The number of benzene rings is 2. The van der Waals surface area contributed by atoms with E-state index < -0.39 is 0 Å². The van der Waals surface area contributed by atoms with Crippen molar-refractivity contribution in [2.24, 2.45) is 5.92 Å². The lowest BCUT2D eigenvalue weighted by molar-refractivity contribution is -0.118. The highest BCUT2D eigenvalue weighted by Gasteiger charge is 2.08. The Bertz CT molecular complexity index is 779. The van der Waals surface area contributed by atoms with Gasteiger partial charge in [0, 0.05) is 22.3 Å². The zero-order valence-electron chi connectivity index (χ0n) is 14.5. The van der Waals surface area contributed by atoms with Gasteiger partial charge in [-0.3, -0.25) is 9.59 Å². The van der Waals surface area contributed by atoms with Gasteiger partial charge in [-0.1, -0.05) is 41.4 Å². The topological polar surface area (TPSA) is 67.4 Å². The van der Waals surface area contributed by atoms with Crippen LogP contribution in [0.3, 0.4) is 0 Å². The predicted molar refractivity (Wildman–Crippen MR) is 108 cm³/mol. The molecule has 0 aromatic heterocycles. The van der Waals surface area contributed by atoms with Crippen LogP contribution in [0.2, 0.25) is 5.02 Å². The van der Waals surface area contributed by atoms with Crippen LogP contribution < -0.4 is 15.4 Å². The van der Waals surface area contributed by atoms with Crippen molar-refractivity contribution >= 4 is 50.7 Å². The molecule has 0 heterocycles. The number of hydrogen-bond donors (Lipinski definition) is 2. The van der Waals surface area contributed by atoms with E-state index in [9.17, 15) is 9.59 Å². The van der Waals surface area contributed by atoms with E-state index in [4.69, 9.17) is 16.3 Å². The van der Waals surface area contributed by atoms with Gasteiger partial charge in [0.05, 0.1) is 5.02 Å². The molecule has 2 N–H and O–H groups in total. The monoisotopic (exact) mass is 438 g/mol. The normalized spacial score (nSPS) is 10.5. The van der Waals surface area contributed by atoms with Gasteiger partial charge >= 0.3 is 0 Å². The molecule has 26 heavy (non-hydrogen) atoms. The molecule has 0 radical (unpaired) electrons. The third-order valence-corrected chi connectivity index (χ3v) is 4.09. The van der Waals surface area contributed by atoms with E-state index >= 15 is 0 Å². The van der Waals surface area contributed by atoms with E-state index in [1.807, 2.05) is 13.8 Å². The molecule has 0 spiro atoms. The summed E-state index contributed by atoms with van der Waals surface area (Å²) in [7, 11) is 0. The SMILES string of the molecule is CC(C)CC(=O)Nc1ccc(NC(=O)COc2ccc(Br)cc2Cl)cc1. The van der Waals surface area contributed by atoms with Crippen molar-refractivity contribution in [1.82, 2.24) is 0 Å². The van der Waals surface area contributed by atoms with Crippen molar-refractivity contribution in [2.45, 2.75) is 20.3 Å². The lowest BCUT2D eigenvalue weighted by atomic mass is 10.1. The number of amides is 2. The molecule has 0 saturated heterocycles. The van der Waals surface area contributed by atoms with E-state index in [2.05, 4.69) is 26.6 Å². The van der Waals surface area contributed by atoms with Crippen LogP contribution in [-0.4, -0.2) is 18.4 Å². The molecule has 138 valence electrons. The van der Waals surface area contributed by atoms with Crippen molar-refractivity contribution in [2.75, 3.05) is 17.2 Å². The Morgan fingerprint density at radius 3 is 2.15 bits per heavy atom. The molecule has 0 aliphatic heterocycles. The number of anilines is 2. The molecule has 7 heteroatoms. The first-order chi connectivity index (χ1) is 12.3. The van der Waals surface area contributed by atoms with Crippen LogP contribution in [0.25, 0.3) is 0 Å². The maximum Gasteiger partial charge on any atom is 0.262 e. The molecular formula is C19H20BrClN2O3. The highest BCUT2D eigenvalue weighted by Crippen LogP contribution is 2.27. The van der Waals surface area contributed by atoms with Crippen LogP contribution in [-0.2, 0) is 9.59 Å². The second-order valence-electron chi connectivity index (χ2n) is 6.14. The van der Waals surface area contributed by atoms with E-state index in [0.717, 1.165) is 4.47 Å². The number of halogens is 2. The van der Waals surface area contributed by atoms with Crippen LogP contribution in [0.15, 0.2) is 46.9 Å². The summed E-state index contributed by atoms with van der Waals surface area (Å²) in [4.78, 5) is 23.7. The quantitative estimate of drug-likeness (QED) is 0.630. The molecule has 0 unspecified atom stereocenters. The molecule has 2 amide bonds. The predicted octanol–water partition coefficient (Wildman–Crippen LogP) is 5.10. The smallest absolute Gasteiger partial charge is 0.262 e. The highest BCUT2D eigenvalue weighted by atomic mass is 79.9. The largest absolute Gasteiger partial charge is 0.482 e. The molecule has 0 fully saturated rings. The second-order valence-corrected chi connectivity index (χ2v) is 7.46. The first-order valence-electron chi connectivity index (χ1n) is 8.11. The molecule has 2 rings (SSSR count). The van der Waals surface area contributed by atoms with Gasteiger partial charge in [0.15, 0.2) is 6.61 Å². The summed E-state index contributed by atoms with van der Waals surface area (Å²) >= 11 is 9.35. The standard InChI is InChI=1S/C19H20BrClN2O3/c1-12(2)9-18(24)22-14-4-6-15(7-5-14)23-19(25)11-26-17-8-3-13(20)10-16(17)21/h3-8,10,12H,9,11H2,1-2H3,(H,22,24)(H,23,25). The summed E-state index contributed by atoms with van der Waals surface area (Å²) < 4.78 is 6.25. The third-order valence-electron chi connectivity index (χ3n) is 3.30. The van der Waals surface area contributed by atoms with Gasteiger partial charge in [-0.05, 0) is 48.4 Å². The lowest BCUT2D eigenvalue weighted by Crippen LogP contribution is -2.20. The van der Waals surface area contributed by atoms with Crippen molar-refractivity contribution in [1.29, 1.82) is 0 Å².